The summed E-state index contributed by atoms with van der Waals surface area (Å²) < 4.78 is 18.2. The Kier molecular flexibility index (Phi) is 5.02. The first-order chi connectivity index (χ1) is 12.1. The lowest BCUT2D eigenvalue weighted by molar-refractivity contribution is 0.0708. The maximum absolute atomic E-state index is 13.3. The minimum Gasteiger partial charge on any atom is -0.491 e. The first kappa shape index (κ1) is 17.0. The highest BCUT2D eigenvalue weighted by Crippen LogP contribution is 2.18. The van der Waals surface area contributed by atoms with E-state index in [2.05, 4.69) is 10.3 Å². The molecule has 0 aliphatic carbocycles. The number of methoxy groups -OCH3 is 1. The van der Waals surface area contributed by atoms with Gasteiger partial charge in [-0.2, -0.15) is 0 Å². The second-order valence-electron chi connectivity index (χ2n) is 6.02. The fourth-order valence-corrected chi connectivity index (χ4v) is 3.01. The van der Waals surface area contributed by atoms with Gasteiger partial charge in [-0.25, -0.2) is 4.39 Å². The number of carbonyl (C=O) groups excluding carboxylic acids is 1. The normalized spacial score (nSPS) is 17.2. The van der Waals surface area contributed by atoms with E-state index in [0.29, 0.717) is 18.8 Å². The van der Waals surface area contributed by atoms with Gasteiger partial charge in [0.1, 0.15) is 11.5 Å². The molecule has 25 heavy (non-hydrogen) atoms. The van der Waals surface area contributed by atoms with E-state index in [4.69, 9.17) is 4.74 Å². The van der Waals surface area contributed by atoms with Crippen LogP contribution in [-0.2, 0) is 0 Å². The molecule has 1 saturated heterocycles. The van der Waals surface area contributed by atoms with Crippen molar-refractivity contribution in [3.63, 3.8) is 0 Å². The van der Waals surface area contributed by atoms with Gasteiger partial charge in [0.15, 0.2) is 5.75 Å². The molecule has 132 valence electrons. The zero-order valence-corrected chi connectivity index (χ0v) is 13.9. The van der Waals surface area contributed by atoms with Crippen molar-refractivity contribution in [3.05, 3.63) is 58.3 Å². The number of amides is 1. The number of halogens is 1. The fraction of sp³-hybridized carbons (Fsp3) is 0.333. The van der Waals surface area contributed by atoms with Crippen LogP contribution in [0.15, 0.2) is 41.3 Å². The lowest BCUT2D eigenvalue weighted by atomic mass is 10.0. The van der Waals surface area contributed by atoms with Gasteiger partial charge in [-0.15, -0.1) is 0 Å². The van der Waals surface area contributed by atoms with Crippen LogP contribution in [-0.4, -0.2) is 42.0 Å². The number of nitrogens with zero attached hydrogens (tertiary/aromatic N) is 1. The maximum Gasteiger partial charge on any atom is 0.270 e. The minimum atomic E-state index is -0.337. The van der Waals surface area contributed by atoms with Gasteiger partial charge in [0.25, 0.3) is 5.91 Å². The van der Waals surface area contributed by atoms with Gasteiger partial charge in [-0.3, -0.25) is 9.59 Å². The molecule has 1 amide bonds. The average Bonchev–Trinajstić information content (AvgIpc) is 2.61. The Hall–Kier alpha value is -2.83. The van der Waals surface area contributed by atoms with Crippen molar-refractivity contribution in [2.75, 3.05) is 25.5 Å². The smallest absolute Gasteiger partial charge is 0.270 e. The van der Waals surface area contributed by atoms with E-state index in [1.54, 1.807) is 17.0 Å². The third-order valence-electron chi connectivity index (χ3n) is 4.23. The Morgan fingerprint density at radius 1 is 1.40 bits per heavy atom. The summed E-state index contributed by atoms with van der Waals surface area (Å²) in [5, 5.41) is 3.26. The van der Waals surface area contributed by atoms with Crippen LogP contribution in [0.3, 0.4) is 0 Å². The van der Waals surface area contributed by atoms with Crippen molar-refractivity contribution >= 4 is 11.6 Å². The highest BCUT2D eigenvalue weighted by Gasteiger charge is 2.25. The molecule has 2 N–H and O–H groups in total. The predicted molar refractivity (Wildman–Crippen MR) is 92.6 cm³/mol. The molecular formula is C18H20FN3O3. The maximum atomic E-state index is 13.3. The molecule has 1 aliphatic heterocycles. The standard InChI is InChI=1S/C18H20FN3O3/c1-25-17-10-20-15(9-16(17)23)18(24)22-7-3-6-14(11-22)21-13-5-2-4-12(19)8-13/h2,4-5,8-10,14,21H,3,6-7,11H2,1H3,(H,20,23). The molecule has 0 spiro atoms. The number of H-pyrrole nitrogens is 1. The second kappa shape index (κ2) is 7.38. The van der Waals surface area contributed by atoms with E-state index in [0.717, 1.165) is 12.8 Å². The van der Waals surface area contributed by atoms with Crippen LogP contribution < -0.4 is 15.5 Å². The Morgan fingerprint density at radius 3 is 2.96 bits per heavy atom. The zero-order chi connectivity index (χ0) is 17.8. The molecule has 0 saturated carbocycles. The van der Waals surface area contributed by atoms with Crippen LogP contribution >= 0.6 is 0 Å². The molecular weight excluding hydrogens is 325 g/mol. The van der Waals surface area contributed by atoms with Crippen molar-refractivity contribution < 1.29 is 13.9 Å². The van der Waals surface area contributed by atoms with Crippen LogP contribution in [0.2, 0.25) is 0 Å². The number of rotatable bonds is 4. The summed E-state index contributed by atoms with van der Waals surface area (Å²) in [6, 6.07) is 7.55. The Balaban J connectivity index is 1.69. The van der Waals surface area contributed by atoms with Gasteiger partial charge >= 0.3 is 0 Å². The van der Waals surface area contributed by atoms with Gasteiger partial charge < -0.3 is 19.9 Å². The number of aromatic amines is 1. The zero-order valence-electron chi connectivity index (χ0n) is 13.9. The first-order valence-corrected chi connectivity index (χ1v) is 8.15. The molecule has 7 heteroatoms. The quantitative estimate of drug-likeness (QED) is 0.891. The van der Waals surface area contributed by atoms with E-state index in [1.807, 2.05) is 0 Å². The summed E-state index contributed by atoms with van der Waals surface area (Å²) >= 11 is 0. The number of carbonyl (C=O) groups is 1. The number of aromatic nitrogens is 1. The highest BCUT2D eigenvalue weighted by molar-refractivity contribution is 5.92. The Morgan fingerprint density at radius 2 is 2.24 bits per heavy atom. The molecule has 6 nitrogen and oxygen atoms in total. The summed E-state index contributed by atoms with van der Waals surface area (Å²) in [4.78, 5) is 29.0. The second-order valence-corrected chi connectivity index (χ2v) is 6.02. The highest BCUT2D eigenvalue weighted by atomic mass is 19.1. The van der Waals surface area contributed by atoms with E-state index < -0.39 is 0 Å². The molecule has 1 unspecified atom stereocenters. The van der Waals surface area contributed by atoms with Crippen molar-refractivity contribution in [1.29, 1.82) is 0 Å². The van der Waals surface area contributed by atoms with Gasteiger partial charge in [0, 0.05) is 37.1 Å². The summed E-state index contributed by atoms with van der Waals surface area (Å²) in [6.07, 6.45) is 3.11. The number of piperidine rings is 1. The van der Waals surface area contributed by atoms with Gasteiger partial charge in [0.05, 0.1) is 7.11 Å². The van der Waals surface area contributed by atoms with Crippen LogP contribution in [0.25, 0.3) is 0 Å². The Bertz CT molecular complexity index is 821. The molecule has 0 radical (unpaired) electrons. The third kappa shape index (κ3) is 3.99. The SMILES string of the molecule is COc1c[nH]c(C(=O)N2CCCC(Nc3cccc(F)c3)C2)cc1=O. The number of ether oxygens (including phenoxy) is 1. The largest absolute Gasteiger partial charge is 0.491 e. The topological polar surface area (TPSA) is 74.4 Å². The number of benzene rings is 1. The van der Waals surface area contributed by atoms with Crippen molar-refractivity contribution in [3.8, 4) is 5.75 Å². The van der Waals surface area contributed by atoms with Gasteiger partial charge in [-0.1, -0.05) is 6.07 Å². The van der Waals surface area contributed by atoms with E-state index in [1.165, 1.54) is 31.5 Å². The summed E-state index contributed by atoms with van der Waals surface area (Å²) in [5.41, 5.74) is 0.588. The van der Waals surface area contributed by atoms with E-state index in [9.17, 15) is 14.0 Å². The number of likely N-dealkylation sites (tertiary alicyclic amines) is 1. The fourth-order valence-electron chi connectivity index (χ4n) is 3.01. The van der Waals surface area contributed by atoms with Crippen LogP contribution in [0.1, 0.15) is 23.3 Å². The molecule has 1 fully saturated rings. The number of nitrogens with one attached hydrogen (secondary N) is 2. The number of hydrogen-bond donors (Lipinski definition) is 2. The van der Waals surface area contributed by atoms with E-state index in [-0.39, 0.29) is 34.6 Å². The molecule has 1 atom stereocenters. The number of hydrogen-bond acceptors (Lipinski definition) is 4. The monoisotopic (exact) mass is 345 g/mol. The van der Waals surface area contributed by atoms with Crippen molar-refractivity contribution in [2.24, 2.45) is 0 Å². The van der Waals surface area contributed by atoms with Crippen LogP contribution in [0, 0.1) is 5.82 Å². The number of pyridine rings is 1. The molecule has 2 heterocycles. The molecule has 1 aromatic heterocycles. The van der Waals surface area contributed by atoms with Crippen molar-refractivity contribution in [1.82, 2.24) is 9.88 Å². The Labute approximate surface area is 144 Å². The van der Waals surface area contributed by atoms with Crippen molar-refractivity contribution in [2.45, 2.75) is 18.9 Å². The van der Waals surface area contributed by atoms with Gasteiger partial charge in [-0.05, 0) is 31.0 Å². The predicted octanol–water partition coefficient (Wildman–Crippen LogP) is 2.24. The molecule has 3 rings (SSSR count). The van der Waals surface area contributed by atoms with Crippen LogP contribution in [0.5, 0.6) is 5.75 Å². The lowest BCUT2D eigenvalue weighted by Crippen LogP contribution is -2.45. The molecule has 1 aliphatic rings. The summed E-state index contributed by atoms with van der Waals surface area (Å²) in [6.45, 7) is 1.11. The molecule has 0 bridgehead atoms. The summed E-state index contributed by atoms with van der Waals surface area (Å²) in [7, 11) is 1.40. The molecule has 2 aromatic rings. The lowest BCUT2D eigenvalue weighted by Gasteiger charge is -2.33. The van der Waals surface area contributed by atoms with Gasteiger partial charge in [0.2, 0.25) is 5.43 Å². The first-order valence-electron chi connectivity index (χ1n) is 8.15. The number of anilines is 1. The molecule has 1 aromatic carbocycles. The average molecular weight is 345 g/mol. The summed E-state index contributed by atoms with van der Waals surface area (Å²) in [5.74, 6) is -0.365. The van der Waals surface area contributed by atoms with E-state index >= 15 is 0 Å². The third-order valence-corrected chi connectivity index (χ3v) is 4.23. The van der Waals surface area contributed by atoms with Crippen LogP contribution in [0.4, 0.5) is 10.1 Å². The minimum absolute atomic E-state index is 0.0319.